The van der Waals surface area contributed by atoms with Gasteiger partial charge in [0.05, 0.1) is 4.47 Å². The average Bonchev–Trinajstić information content (AvgIpc) is 2.58. The van der Waals surface area contributed by atoms with E-state index in [0.29, 0.717) is 12.2 Å². The highest BCUT2D eigenvalue weighted by Crippen LogP contribution is 2.26. The fraction of sp³-hybridized carbons (Fsp3) is 0.222. The molecule has 2 aromatic rings. The van der Waals surface area contributed by atoms with Gasteiger partial charge < -0.3 is 4.74 Å². The number of benzene rings is 2. The van der Waals surface area contributed by atoms with E-state index in [1.165, 1.54) is 5.56 Å². The summed E-state index contributed by atoms with van der Waals surface area (Å²) < 4.78 is 6.33. The second kappa shape index (κ2) is 9.10. The van der Waals surface area contributed by atoms with Crippen molar-refractivity contribution < 1.29 is 9.53 Å². The number of hydrazone groups is 1. The smallest absolute Gasteiger partial charge is 0.277 e. The summed E-state index contributed by atoms with van der Waals surface area (Å²) in [6.45, 7) is 2.01. The fourth-order valence-corrected chi connectivity index (χ4v) is 2.48. The van der Waals surface area contributed by atoms with E-state index in [4.69, 9.17) is 4.74 Å². The Labute approximate surface area is 144 Å². The molecule has 0 spiro atoms. The summed E-state index contributed by atoms with van der Waals surface area (Å²) in [7, 11) is 0. The Hall–Kier alpha value is -2.14. The molecule has 0 heterocycles. The third-order valence-corrected chi connectivity index (χ3v) is 3.83. The molecule has 0 radical (unpaired) electrons. The molecule has 0 saturated heterocycles. The maximum Gasteiger partial charge on any atom is 0.277 e. The lowest BCUT2D eigenvalue weighted by molar-refractivity contribution is -0.123. The van der Waals surface area contributed by atoms with Crippen molar-refractivity contribution in [3.05, 3.63) is 64.1 Å². The Kier molecular flexibility index (Phi) is 6.81. The molecule has 4 nitrogen and oxygen atoms in total. The predicted molar refractivity (Wildman–Crippen MR) is 95.8 cm³/mol. The van der Waals surface area contributed by atoms with E-state index in [-0.39, 0.29) is 12.5 Å². The fourth-order valence-electron chi connectivity index (χ4n) is 1.94. The van der Waals surface area contributed by atoms with Gasteiger partial charge in [0.1, 0.15) is 5.75 Å². The molecule has 0 aliphatic heterocycles. The Morgan fingerprint density at radius 2 is 2.00 bits per heavy atom. The molecule has 5 heteroatoms. The first-order valence-corrected chi connectivity index (χ1v) is 8.24. The lowest BCUT2D eigenvalue weighted by atomic mass is 10.2. The molecular weight excluding hydrogens is 356 g/mol. The van der Waals surface area contributed by atoms with Gasteiger partial charge in [-0.15, -0.1) is 0 Å². The van der Waals surface area contributed by atoms with Gasteiger partial charge in [-0.05, 0) is 45.6 Å². The third kappa shape index (κ3) is 5.87. The molecule has 0 aliphatic rings. The number of hydrogen-bond acceptors (Lipinski definition) is 3. The minimum Gasteiger partial charge on any atom is -0.483 e. The number of nitrogens with one attached hydrogen (secondary N) is 1. The summed E-state index contributed by atoms with van der Waals surface area (Å²) in [5.41, 5.74) is 4.80. The summed E-state index contributed by atoms with van der Waals surface area (Å²) in [4.78, 5) is 11.7. The zero-order valence-corrected chi connectivity index (χ0v) is 14.5. The van der Waals surface area contributed by atoms with Crippen LogP contribution >= 0.6 is 15.9 Å². The van der Waals surface area contributed by atoms with Gasteiger partial charge in [0.2, 0.25) is 0 Å². The maximum absolute atomic E-state index is 11.7. The van der Waals surface area contributed by atoms with Crippen molar-refractivity contribution in [3.8, 4) is 5.75 Å². The van der Waals surface area contributed by atoms with Gasteiger partial charge in [0.25, 0.3) is 5.91 Å². The monoisotopic (exact) mass is 374 g/mol. The summed E-state index contributed by atoms with van der Waals surface area (Å²) in [6.07, 6.45) is 3.29. The minimum absolute atomic E-state index is 0.0766. The van der Waals surface area contributed by atoms with E-state index >= 15 is 0 Å². The lowest BCUT2D eigenvalue weighted by Gasteiger charge is -2.08. The quantitative estimate of drug-likeness (QED) is 0.592. The van der Waals surface area contributed by atoms with E-state index in [9.17, 15) is 4.79 Å². The van der Waals surface area contributed by atoms with Crippen molar-refractivity contribution in [2.75, 3.05) is 6.61 Å². The molecule has 0 saturated carbocycles. The first-order chi connectivity index (χ1) is 11.2. The van der Waals surface area contributed by atoms with Crippen molar-refractivity contribution in [1.82, 2.24) is 5.43 Å². The average molecular weight is 375 g/mol. The highest BCUT2D eigenvalue weighted by atomic mass is 79.9. The molecule has 2 rings (SSSR count). The van der Waals surface area contributed by atoms with Crippen molar-refractivity contribution in [3.63, 3.8) is 0 Å². The van der Waals surface area contributed by atoms with Gasteiger partial charge >= 0.3 is 0 Å². The third-order valence-electron chi connectivity index (χ3n) is 3.21. The molecule has 0 atom stereocenters. The standard InChI is InChI=1S/C18H19BrN2O2/c1-2-14-8-9-17(16(19)12-14)23-13-18(22)21-20-11-10-15-6-4-3-5-7-15/h3-9,11-12H,2,10,13H2,1H3,(H,21,22)/b20-11+. The van der Waals surface area contributed by atoms with Crippen LogP contribution in [0.4, 0.5) is 0 Å². The number of carbonyl (C=O) groups is 1. The first-order valence-electron chi connectivity index (χ1n) is 7.44. The van der Waals surface area contributed by atoms with Crippen LogP contribution in [0, 0.1) is 0 Å². The highest BCUT2D eigenvalue weighted by Gasteiger charge is 2.05. The highest BCUT2D eigenvalue weighted by molar-refractivity contribution is 9.10. The molecule has 0 bridgehead atoms. The first kappa shape index (κ1) is 17.2. The van der Waals surface area contributed by atoms with Crippen LogP contribution in [0.5, 0.6) is 5.75 Å². The van der Waals surface area contributed by atoms with Crippen molar-refractivity contribution in [2.45, 2.75) is 19.8 Å². The summed E-state index contributed by atoms with van der Waals surface area (Å²) >= 11 is 3.44. The van der Waals surface area contributed by atoms with E-state index in [2.05, 4.69) is 33.4 Å². The SMILES string of the molecule is CCc1ccc(OCC(=O)N/N=C/Cc2ccccc2)c(Br)c1. The number of amides is 1. The minimum atomic E-state index is -0.291. The largest absolute Gasteiger partial charge is 0.483 e. The molecular formula is C18H19BrN2O2. The van der Waals surface area contributed by atoms with E-state index < -0.39 is 0 Å². The summed E-state index contributed by atoms with van der Waals surface area (Å²) in [5, 5.41) is 3.91. The second-order valence-corrected chi connectivity index (χ2v) is 5.80. The van der Waals surface area contributed by atoms with E-state index in [1.54, 1.807) is 6.21 Å². The number of carbonyl (C=O) groups excluding carboxylic acids is 1. The van der Waals surface area contributed by atoms with Crippen molar-refractivity contribution in [2.24, 2.45) is 5.10 Å². The van der Waals surface area contributed by atoms with Gasteiger partial charge in [-0.2, -0.15) is 5.10 Å². The zero-order chi connectivity index (χ0) is 16.5. The number of hydrogen-bond donors (Lipinski definition) is 1. The van der Waals surface area contributed by atoms with Crippen LogP contribution in [0.25, 0.3) is 0 Å². The van der Waals surface area contributed by atoms with Gasteiger partial charge in [0, 0.05) is 12.6 Å². The molecule has 0 aromatic heterocycles. The van der Waals surface area contributed by atoms with E-state index in [1.807, 2.05) is 48.5 Å². The normalized spacial score (nSPS) is 10.7. The number of aryl methyl sites for hydroxylation is 1. The van der Waals surface area contributed by atoms with Gasteiger partial charge in [-0.1, -0.05) is 43.3 Å². The number of nitrogens with zero attached hydrogens (tertiary/aromatic N) is 1. The second-order valence-electron chi connectivity index (χ2n) is 4.94. The summed E-state index contributed by atoms with van der Waals surface area (Å²) in [5.74, 6) is 0.353. The Balaban J connectivity index is 1.75. The molecule has 23 heavy (non-hydrogen) atoms. The topological polar surface area (TPSA) is 50.7 Å². The van der Waals surface area contributed by atoms with E-state index in [0.717, 1.165) is 16.5 Å². The number of rotatable bonds is 7. The maximum atomic E-state index is 11.7. The van der Waals surface area contributed by atoms with Gasteiger partial charge in [-0.25, -0.2) is 5.43 Å². The van der Waals surface area contributed by atoms with Crippen LogP contribution < -0.4 is 10.2 Å². The Morgan fingerprint density at radius 1 is 1.22 bits per heavy atom. The van der Waals surface area contributed by atoms with Crippen LogP contribution in [0.2, 0.25) is 0 Å². The Morgan fingerprint density at radius 3 is 2.70 bits per heavy atom. The Bertz CT molecular complexity index is 672. The van der Waals surface area contributed by atoms with Crippen LogP contribution in [-0.2, 0) is 17.6 Å². The molecule has 2 aromatic carbocycles. The van der Waals surface area contributed by atoms with Gasteiger partial charge in [-0.3, -0.25) is 4.79 Å². The molecule has 1 amide bonds. The van der Waals surface area contributed by atoms with Crippen LogP contribution in [0.3, 0.4) is 0 Å². The molecule has 0 unspecified atom stereocenters. The molecule has 1 N–H and O–H groups in total. The summed E-state index contributed by atoms with van der Waals surface area (Å²) in [6, 6.07) is 15.7. The predicted octanol–water partition coefficient (Wildman–Crippen LogP) is 3.74. The zero-order valence-electron chi connectivity index (χ0n) is 13.0. The van der Waals surface area contributed by atoms with Crippen LogP contribution in [0.1, 0.15) is 18.1 Å². The number of halogens is 1. The molecule has 120 valence electrons. The van der Waals surface area contributed by atoms with Gasteiger partial charge in [0.15, 0.2) is 6.61 Å². The molecule has 0 aliphatic carbocycles. The number of ether oxygens (including phenoxy) is 1. The van der Waals surface area contributed by atoms with Crippen molar-refractivity contribution >= 4 is 28.1 Å². The lowest BCUT2D eigenvalue weighted by Crippen LogP contribution is -2.24. The van der Waals surface area contributed by atoms with Crippen molar-refractivity contribution in [1.29, 1.82) is 0 Å². The van der Waals surface area contributed by atoms with Crippen LogP contribution in [0.15, 0.2) is 58.1 Å². The van der Waals surface area contributed by atoms with Crippen LogP contribution in [-0.4, -0.2) is 18.7 Å². The molecule has 0 fully saturated rings.